The van der Waals surface area contributed by atoms with E-state index in [0.717, 1.165) is 18.4 Å². The van der Waals surface area contributed by atoms with E-state index in [1.165, 1.54) is 5.56 Å². The molecule has 1 N–H and O–H groups in total. The molecule has 1 atom stereocenters. The van der Waals surface area contributed by atoms with Crippen LogP contribution in [0.3, 0.4) is 0 Å². The maximum atomic E-state index is 12.2. The monoisotopic (exact) mass is 323 g/mol. The van der Waals surface area contributed by atoms with E-state index in [-0.39, 0.29) is 30.6 Å². The first-order valence-corrected chi connectivity index (χ1v) is 8.56. The molecular formula is C21H25NO2. The molecule has 0 bridgehead atoms. The van der Waals surface area contributed by atoms with Crippen LogP contribution in [0.2, 0.25) is 0 Å². The summed E-state index contributed by atoms with van der Waals surface area (Å²) in [6.45, 7) is 4.08. The van der Waals surface area contributed by atoms with E-state index < -0.39 is 0 Å². The first kappa shape index (κ1) is 17.9. The highest BCUT2D eigenvalue weighted by molar-refractivity contribution is 5.98. The predicted octanol–water partition coefficient (Wildman–Crippen LogP) is 4.48. The van der Waals surface area contributed by atoms with E-state index in [0.29, 0.717) is 5.56 Å². The number of carbonyl (C=O) groups is 2. The summed E-state index contributed by atoms with van der Waals surface area (Å²) in [5, 5.41) is 2.94. The van der Waals surface area contributed by atoms with Crippen molar-refractivity contribution in [3.8, 4) is 0 Å². The molecule has 0 radical (unpaired) electrons. The van der Waals surface area contributed by atoms with Crippen LogP contribution in [-0.2, 0) is 11.2 Å². The van der Waals surface area contributed by atoms with Gasteiger partial charge in [-0.25, -0.2) is 0 Å². The van der Waals surface area contributed by atoms with E-state index in [2.05, 4.69) is 12.2 Å². The van der Waals surface area contributed by atoms with Crippen molar-refractivity contribution in [2.45, 2.75) is 45.6 Å². The lowest BCUT2D eigenvalue weighted by atomic mass is 10.0. The smallest absolute Gasteiger partial charge is 0.220 e. The molecule has 0 spiro atoms. The van der Waals surface area contributed by atoms with Gasteiger partial charge in [0.1, 0.15) is 0 Å². The van der Waals surface area contributed by atoms with Crippen LogP contribution in [0, 0.1) is 0 Å². The molecule has 0 saturated carbocycles. The Morgan fingerprint density at radius 2 is 1.62 bits per heavy atom. The van der Waals surface area contributed by atoms with Crippen molar-refractivity contribution >= 4 is 11.7 Å². The molecule has 0 aliphatic heterocycles. The van der Waals surface area contributed by atoms with Crippen molar-refractivity contribution in [2.75, 3.05) is 0 Å². The topological polar surface area (TPSA) is 46.2 Å². The first-order chi connectivity index (χ1) is 11.6. The Hall–Kier alpha value is -2.42. The third-order valence-corrected chi connectivity index (χ3v) is 4.07. The molecule has 0 saturated heterocycles. The van der Waals surface area contributed by atoms with Crippen LogP contribution in [0.4, 0.5) is 0 Å². The van der Waals surface area contributed by atoms with Gasteiger partial charge in [0, 0.05) is 18.4 Å². The summed E-state index contributed by atoms with van der Waals surface area (Å²) in [6, 6.07) is 17.5. The van der Waals surface area contributed by atoms with E-state index in [9.17, 15) is 9.59 Å². The van der Waals surface area contributed by atoms with Crippen molar-refractivity contribution in [2.24, 2.45) is 0 Å². The number of carbonyl (C=O) groups excluding carboxylic acids is 2. The van der Waals surface area contributed by atoms with Crippen LogP contribution in [0.25, 0.3) is 0 Å². The maximum absolute atomic E-state index is 12.2. The predicted molar refractivity (Wildman–Crippen MR) is 97.0 cm³/mol. The van der Waals surface area contributed by atoms with E-state index >= 15 is 0 Å². The molecule has 2 rings (SSSR count). The van der Waals surface area contributed by atoms with Gasteiger partial charge >= 0.3 is 0 Å². The number of rotatable bonds is 8. The third-order valence-electron chi connectivity index (χ3n) is 4.07. The number of nitrogens with one attached hydrogen (secondary N) is 1. The highest BCUT2D eigenvalue weighted by atomic mass is 16.2. The molecule has 3 heteroatoms. The van der Waals surface area contributed by atoms with Crippen LogP contribution >= 0.6 is 0 Å². The van der Waals surface area contributed by atoms with Gasteiger partial charge in [-0.1, -0.05) is 67.9 Å². The minimum absolute atomic E-state index is 0.0144. The number of benzene rings is 2. The normalized spacial score (nSPS) is 11.8. The molecule has 0 aliphatic rings. The molecule has 0 heterocycles. The third kappa shape index (κ3) is 5.34. The summed E-state index contributed by atoms with van der Waals surface area (Å²) >= 11 is 0. The Labute approximate surface area is 144 Å². The van der Waals surface area contributed by atoms with Gasteiger partial charge in [-0.05, 0) is 24.5 Å². The van der Waals surface area contributed by atoms with Crippen molar-refractivity contribution in [1.82, 2.24) is 5.32 Å². The fourth-order valence-corrected chi connectivity index (χ4v) is 2.66. The van der Waals surface area contributed by atoms with Gasteiger partial charge in [0.15, 0.2) is 5.78 Å². The van der Waals surface area contributed by atoms with Crippen LogP contribution < -0.4 is 5.32 Å². The minimum atomic E-state index is -0.0951. The van der Waals surface area contributed by atoms with Crippen molar-refractivity contribution in [3.63, 3.8) is 0 Å². The Balaban J connectivity index is 1.81. The zero-order chi connectivity index (χ0) is 17.4. The standard InChI is InChI=1S/C21H25NO2/c1-3-7-17-10-12-19(13-11-17)20(23)14-15-21(24)22-16(2)18-8-5-4-6-9-18/h4-6,8-13,16H,3,7,14-15H2,1-2H3,(H,22,24). The lowest BCUT2D eigenvalue weighted by molar-refractivity contribution is -0.121. The molecule has 24 heavy (non-hydrogen) atoms. The van der Waals surface area contributed by atoms with Gasteiger partial charge in [0.05, 0.1) is 6.04 Å². The van der Waals surface area contributed by atoms with Crippen LogP contribution in [0.5, 0.6) is 0 Å². The Morgan fingerprint density at radius 3 is 2.25 bits per heavy atom. The quantitative estimate of drug-likeness (QED) is 0.728. The number of hydrogen-bond donors (Lipinski definition) is 1. The summed E-state index contributed by atoms with van der Waals surface area (Å²) in [7, 11) is 0. The number of ketones is 1. The van der Waals surface area contributed by atoms with Crippen LogP contribution in [0.1, 0.15) is 60.6 Å². The van der Waals surface area contributed by atoms with E-state index in [1.807, 2.05) is 61.5 Å². The van der Waals surface area contributed by atoms with Gasteiger partial charge in [0.25, 0.3) is 0 Å². The lowest BCUT2D eigenvalue weighted by Crippen LogP contribution is -2.26. The van der Waals surface area contributed by atoms with E-state index in [4.69, 9.17) is 0 Å². The number of aryl methyl sites for hydroxylation is 1. The second kappa shape index (κ2) is 9.02. The van der Waals surface area contributed by atoms with Gasteiger partial charge in [-0.15, -0.1) is 0 Å². The molecule has 1 amide bonds. The van der Waals surface area contributed by atoms with Crippen molar-refractivity contribution < 1.29 is 9.59 Å². The average molecular weight is 323 g/mol. The maximum Gasteiger partial charge on any atom is 0.220 e. The average Bonchev–Trinajstić information content (AvgIpc) is 2.61. The summed E-state index contributed by atoms with van der Waals surface area (Å²) in [6.07, 6.45) is 2.56. The molecule has 0 aliphatic carbocycles. The van der Waals surface area contributed by atoms with Crippen LogP contribution in [-0.4, -0.2) is 11.7 Å². The van der Waals surface area contributed by atoms with Gasteiger partial charge in [-0.3, -0.25) is 9.59 Å². The summed E-state index contributed by atoms with van der Waals surface area (Å²) in [5.74, 6) is -0.0807. The Bertz CT molecular complexity index is 662. The zero-order valence-corrected chi connectivity index (χ0v) is 14.4. The summed E-state index contributed by atoms with van der Waals surface area (Å²) in [4.78, 5) is 24.2. The van der Waals surface area contributed by atoms with Gasteiger partial charge in [-0.2, -0.15) is 0 Å². The molecule has 3 nitrogen and oxygen atoms in total. The molecule has 126 valence electrons. The first-order valence-electron chi connectivity index (χ1n) is 8.56. The lowest BCUT2D eigenvalue weighted by Gasteiger charge is -2.14. The Morgan fingerprint density at radius 1 is 0.958 bits per heavy atom. The van der Waals surface area contributed by atoms with Crippen molar-refractivity contribution in [1.29, 1.82) is 0 Å². The van der Waals surface area contributed by atoms with Gasteiger partial charge < -0.3 is 5.32 Å². The number of Topliss-reactive ketones (excluding diaryl/α,β-unsaturated/α-hetero) is 1. The zero-order valence-electron chi connectivity index (χ0n) is 14.4. The second-order valence-corrected chi connectivity index (χ2v) is 6.07. The summed E-state index contributed by atoms with van der Waals surface area (Å²) < 4.78 is 0. The molecule has 0 fully saturated rings. The fraction of sp³-hybridized carbons (Fsp3) is 0.333. The van der Waals surface area contributed by atoms with Crippen LogP contribution in [0.15, 0.2) is 54.6 Å². The molecule has 0 aromatic heterocycles. The molecule has 1 unspecified atom stereocenters. The second-order valence-electron chi connectivity index (χ2n) is 6.07. The molecule has 2 aromatic rings. The molecule has 2 aromatic carbocycles. The Kier molecular flexibility index (Phi) is 6.74. The summed E-state index contributed by atoms with van der Waals surface area (Å²) in [5.41, 5.74) is 2.98. The van der Waals surface area contributed by atoms with Crippen molar-refractivity contribution in [3.05, 3.63) is 71.3 Å². The molecular weight excluding hydrogens is 298 g/mol. The van der Waals surface area contributed by atoms with Gasteiger partial charge in [0.2, 0.25) is 5.91 Å². The minimum Gasteiger partial charge on any atom is -0.350 e. The highest BCUT2D eigenvalue weighted by Gasteiger charge is 2.12. The fourth-order valence-electron chi connectivity index (χ4n) is 2.66. The number of hydrogen-bond acceptors (Lipinski definition) is 2. The SMILES string of the molecule is CCCc1ccc(C(=O)CCC(=O)NC(C)c2ccccc2)cc1. The largest absolute Gasteiger partial charge is 0.350 e. The highest BCUT2D eigenvalue weighted by Crippen LogP contribution is 2.13. The van der Waals surface area contributed by atoms with E-state index in [1.54, 1.807) is 0 Å². The number of amides is 1.